The van der Waals surface area contributed by atoms with Crippen LogP contribution < -0.4 is 5.73 Å². The molecule has 0 aliphatic heterocycles. The molecule has 3 N–H and O–H groups in total. The first-order valence-electron chi connectivity index (χ1n) is 9.80. The maximum Gasteiger partial charge on any atom is 0.345 e. The Labute approximate surface area is 187 Å². The SMILES string of the molecule is Cc1cc(C(N)=O)ccc1-n1c(-c2ccc(-n3ccnc3)cc2)cc2sc(C(=O)O)cc21. The zero-order valence-corrected chi connectivity index (χ0v) is 17.8. The molecule has 5 rings (SSSR count). The molecule has 0 atom stereocenters. The zero-order chi connectivity index (χ0) is 22.4. The molecule has 0 fully saturated rings. The van der Waals surface area contributed by atoms with E-state index >= 15 is 0 Å². The van der Waals surface area contributed by atoms with Crippen molar-refractivity contribution in [1.82, 2.24) is 14.1 Å². The van der Waals surface area contributed by atoms with Gasteiger partial charge in [0.05, 0.1) is 22.2 Å². The summed E-state index contributed by atoms with van der Waals surface area (Å²) in [5.41, 5.74) is 11.3. The highest BCUT2D eigenvalue weighted by molar-refractivity contribution is 7.20. The highest BCUT2D eigenvalue weighted by Gasteiger charge is 2.19. The van der Waals surface area contributed by atoms with Gasteiger partial charge in [-0.2, -0.15) is 0 Å². The summed E-state index contributed by atoms with van der Waals surface area (Å²) in [7, 11) is 0. The van der Waals surface area contributed by atoms with Crippen LogP contribution in [0.5, 0.6) is 0 Å². The van der Waals surface area contributed by atoms with Crippen LogP contribution in [0.15, 0.2) is 73.3 Å². The molecule has 0 aliphatic rings. The first kappa shape index (κ1) is 19.8. The molecule has 3 heterocycles. The highest BCUT2D eigenvalue weighted by Crippen LogP contribution is 2.37. The average Bonchev–Trinajstić information content (AvgIpc) is 3.50. The summed E-state index contributed by atoms with van der Waals surface area (Å²) < 4.78 is 4.83. The first-order chi connectivity index (χ1) is 15.4. The van der Waals surface area contributed by atoms with E-state index in [1.165, 1.54) is 11.3 Å². The van der Waals surface area contributed by atoms with E-state index in [0.717, 1.165) is 38.4 Å². The van der Waals surface area contributed by atoms with E-state index in [-0.39, 0.29) is 4.88 Å². The molecule has 7 nitrogen and oxygen atoms in total. The van der Waals surface area contributed by atoms with Crippen LogP contribution in [0, 0.1) is 6.92 Å². The Morgan fingerprint density at radius 2 is 1.84 bits per heavy atom. The van der Waals surface area contributed by atoms with Gasteiger partial charge in [-0.25, -0.2) is 9.78 Å². The number of hydrogen-bond acceptors (Lipinski definition) is 4. The van der Waals surface area contributed by atoms with E-state index in [4.69, 9.17) is 5.73 Å². The van der Waals surface area contributed by atoms with Crippen molar-refractivity contribution in [2.45, 2.75) is 6.92 Å². The predicted octanol–water partition coefficient (Wildman–Crippen LogP) is 4.65. The van der Waals surface area contributed by atoms with Crippen LogP contribution in [0.1, 0.15) is 25.6 Å². The number of carboxylic acids is 1. The van der Waals surface area contributed by atoms with E-state index in [1.807, 2.05) is 58.7 Å². The summed E-state index contributed by atoms with van der Waals surface area (Å²) in [5.74, 6) is -1.44. The quantitative estimate of drug-likeness (QED) is 0.413. The van der Waals surface area contributed by atoms with Crippen molar-refractivity contribution in [1.29, 1.82) is 0 Å². The van der Waals surface area contributed by atoms with Gasteiger partial charge in [0.1, 0.15) is 4.88 Å². The van der Waals surface area contributed by atoms with Gasteiger partial charge in [0.25, 0.3) is 0 Å². The van der Waals surface area contributed by atoms with E-state index in [2.05, 4.69) is 4.98 Å². The van der Waals surface area contributed by atoms with E-state index in [0.29, 0.717) is 5.56 Å². The molecule has 8 heteroatoms. The fourth-order valence-electron chi connectivity index (χ4n) is 3.85. The van der Waals surface area contributed by atoms with Gasteiger partial charge >= 0.3 is 5.97 Å². The van der Waals surface area contributed by atoms with Crippen LogP contribution in [0.2, 0.25) is 0 Å². The highest BCUT2D eigenvalue weighted by atomic mass is 32.1. The summed E-state index contributed by atoms with van der Waals surface area (Å²) in [5, 5.41) is 9.47. The van der Waals surface area contributed by atoms with Crippen LogP contribution >= 0.6 is 11.3 Å². The Morgan fingerprint density at radius 1 is 1.06 bits per heavy atom. The Kier molecular flexibility index (Phi) is 4.64. The summed E-state index contributed by atoms with van der Waals surface area (Å²) in [4.78, 5) is 27.5. The molecule has 32 heavy (non-hydrogen) atoms. The molecule has 5 aromatic rings. The molecule has 0 unspecified atom stereocenters. The minimum absolute atomic E-state index is 0.275. The van der Waals surface area contributed by atoms with Crippen molar-refractivity contribution in [2.75, 3.05) is 0 Å². The topological polar surface area (TPSA) is 103 Å². The fourth-order valence-corrected chi connectivity index (χ4v) is 4.77. The molecule has 0 spiro atoms. The number of nitrogens with zero attached hydrogens (tertiary/aromatic N) is 3. The minimum atomic E-state index is -0.954. The van der Waals surface area contributed by atoms with Crippen molar-refractivity contribution >= 4 is 33.4 Å². The first-order valence-corrected chi connectivity index (χ1v) is 10.6. The summed E-state index contributed by atoms with van der Waals surface area (Å²) in [6.45, 7) is 1.91. The molecule has 0 saturated carbocycles. The predicted molar refractivity (Wildman–Crippen MR) is 124 cm³/mol. The largest absolute Gasteiger partial charge is 0.477 e. The van der Waals surface area contributed by atoms with Crippen molar-refractivity contribution in [2.24, 2.45) is 5.73 Å². The van der Waals surface area contributed by atoms with Crippen LogP contribution in [-0.2, 0) is 0 Å². The molecule has 3 aromatic heterocycles. The Balaban J connectivity index is 1.70. The normalized spacial score (nSPS) is 11.2. The van der Waals surface area contributed by atoms with Gasteiger partial charge in [0.15, 0.2) is 0 Å². The zero-order valence-electron chi connectivity index (χ0n) is 17.0. The van der Waals surface area contributed by atoms with Gasteiger partial charge in [-0.3, -0.25) is 4.79 Å². The average molecular weight is 443 g/mol. The Hall–Kier alpha value is -4.17. The van der Waals surface area contributed by atoms with Gasteiger partial charge in [0, 0.05) is 29.3 Å². The molecule has 0 bridgehead atoms. The lowest BCUT2D eigenvalue weighted by atomic mass is 10.1. The van der Waals surface area contributed by atoms with Crippen LogP contribution in [0.4, 0.5) is 0 Å². The lowest BCUT2D eigenvalue weighted by Gasteiger charge is -2.15. The molecule has 2 aromatic carbocycles. The number of aryl methyl sites for hydroxylation is 1. The number of aromatic nitrogens is 3. The van der Waals surface area contributed by atoms with Gasteiger partial charge in [-0.05, 0) is 60.5 Å². The van der Waals surface area contributed by atoms with E-state index in [1.54, 1.807) is 30.7 Å². The second kappa shape index (κ2) is 7.51. The summed E-state index contributed by atoms with van der Waals surface area (Å²) in [6.07, 6.45) is 5.35. The van der Waals surface area contributed by atoms with Crippen molar-refractivity contribution < 1.29 is 14.7 Å². The van der Waals surface area contributed by atoms with Crippen LogP contribution in [0.3, 0.4) is 0 Å². The van der Waals surface area contributed by atoms with Gasteiger partial charge in [0.2, 0.25) is 5.91 Å². The number of carbonyl (C=O) groups is 2. The number of rotatable bonds is 5. The van der Waals surface area contributed by atoms with Gasteiger partial charge in [-0.15, -0.1) is 11.3 Å². The second-order valence-corrected chi connectivity index (χ2v) is 8.50. The third kappa shape index (κ3) is 3.27. The third-order valence-corrected chi connectivity index (χ3v) is 6.45. The van der Waals surface area contributed by atoms with Crippen LogP contribution in [-0.4, -0.2) is 31.1 Å². The number of aromatic carboxylic acids is 1. The van der Waals surface area contributed by atoms with Crippen molar-refractivity contribution in [3.8, 4) is 22.6 Å². The summed E-state index contributed by atoms with van der Waals surface area (Å²) >= 11 is 1.24. The number of carbonyl (C=O) groups excluding carboxylic acids is 1. The number of fused-ring (bicyclic) bond motifs is 1. The van der Waals surface area contributed by atoms with E-state index < -0.39 is 11.9 Å². The van der Waals surface area contributed by atoms with Gasteiger partial charge in [-0.1, -0.05) is 12.1 Å². The molecular weight excluding hydrogens is 424 g/mol. The standard InChI is InChI=1S/C24H18N4O3S/c1-14-10-16(23(25)29)4-7-18(14)28-19(11-21-20(28)12-22(32-21)24(30)31)15-2-5-17(6-3-15)27-9-8-26-13-27/h2-13H,1H3,(H2,25,29)(H,30,31). The smallest absolute Gasteiger partial charge is 0.345 e. The lowest BCUT2D eigenvalue weighted by molar-refractivity contribution is 0.0702. The van der Waals surface area contributed by atoms with Crippen molar-refractivity contribution in [3.05, 3.63) is 89.3 Å². The number of hydrogen-bond donors (Lipinski definition) is 2. The Morgan fingerprint density at radius 3 is 2.47 bits per heavy atom. The number of primary amides is 1. The number of amides is 1. The molecule has 0 aliphatic carbocycles. The van der Waals surface area contributed by atoms with E-state index in [9.17, 15) is 14.7 Å². The van der Waals surface area contributed by atoms with Crippen LogP contribution in [0.25, 0.3) is 32.8 Å². The molecule has 0 saturated heterocycles. The maximum atomic E-state index is 11.6. The Bertz CT molecular complexity index is 1480. The molecular formula is C24H18N4O3S. The maximum absolute atomic E-state index is 11.6. The number of benzene rings is 2. The van der Waals surface area contributed by atoms with Gasteiger partial charge < -0.3 is 20.0 Å². The minimum Gasteiger partial charge on any atom is -0.477 e. The molecule has 0 radical (unpaired) electrons. The number of thiophene rings is 1. The molecule has 1 amide bonds. The fraction of sp³-hybridized carbons (Fsp3) is 0.0417. The van der Waals surface area contributed by atoms with Crippen molar-refractivity contribution in [3.63, 3.8) is 0 Å². The summed E-state index contributed by atoms with van der Waals surface area (Å²) in [6, 6.07) is 17.0. The third-order valence-electron chi connectivity index (χ3n) is 5.39. The molecule has 158 valence electrons. The number of nitrogens with two attached hydrogens (primary N) is 1. The number of carboxylic acid groups (broad SMARTS) is 1. The lowest BCUT2D eigenvalue weighted by Crippen LogP contribution is -2.11. The number of imidazole rings is 1. The monoisotopic (exact) mass is 442 g/mol. The second-order valence-electron chi connectivity index (χ2n) is 7.41.